The molecule has 0 aromatic carbocycles. The van der Waals surface area contributed by atoms with Gasteiger partial charge in [0.05, 0.1) is 12.3 Å². The lowest BCUT2D eigenvalue weighted by atomic mass is 9.93. The first-order chi connectivity index (χ1) is 8.83. The number of carbonyl (C=O) groups is 1. The molecule has 0 radical (unpaired) electrons. The molecule has 96 valence electrons. The van der Waals surface area contributed by atoms with Gasteiger partial charge >= 0.3 is 0 Å². The number of nitrogens with one attached hydrogen (secondary N) is 1. The minimum Gasteiger partial charge on any atom is -0.469 e. The van der Waals surface area contributed by atoms with E-state index in [1.807, 2.05) is 6.07 Å². The maximum atomic E-state index is 12.0. The Balaban J connectivity index is 1.60. The average molecular weight is 245 g/mol. The van der Waals surface area contributed by atoms with Crippen molar-refractivity contribution in [3.63, 3.8) is 0 Å². The maximum absolute atomic E-state index is 12.0. The normalized spacial score (nSPS) is 26.0. The summed E-state index contributed by atoms with van der Waals surface area (Å²) < 4.78 is 5.44. The van der Waals surface area contributed by atoms with Crippen LogP contribution in [0.4, 0.5) is 0 Å². The molecule has 3 heteroatoms. The second-order valence-corrected chi connectivity index (χ2v) is 5.28. The van der Waals surface area contributed by atoms with Crippen LogP contribution >= 0.6 is 0 Å². The number of rotatable bonds is 3. The Kier molecular flexibility index (Phi) is 3.22. The zero-order chi connectivity index (χ0) is 12.4. The number of amides is 1. The monoisotopic (exact) mass is 245 g/mol. The lowest BCUT2D eigenvalue weighted by Gasteiger charge is -2.23. The van der Waals surface area contributed by atoms with Crippen LogP contribution in [0.25, 0.3) is 0 Å². The lowest BCUT2D eigenvalue weighted by molar-refractivity contribution is -0.122. The van der Waals surface area contributed by atoms with Crippen LogP contribution in [0.3, 0.4) is 0 Å². The SMILES string of the molecule is O=C(CC1C=CCC1)NC1CCCc2occc21. The second kappa shape index (κ2) is 5.01. The van der Waals surface area contributed by atoms with E-state index >= 15 is 0 Å². The van der Waals surface area contributed by atoms with Gasteiger partial charge in [0, 0.05) is 18.4 Å². The number of allylic oxidation sites excluding steroid dienone is 2. The van der Waals surface area contributed by atoms with Gasteiger partial charge in [0.25, 0.3) is 0 Å². The molecule has 1 heterocycles. The molecule has 0 fully saturated rings. The molecular weight excluding hydrogens is 226 g/mol. The Morgan fingerprint density at radius 3 is 3.22 bits per heavy atom. The van der Waals surface area contributed by atoms with Gasteiger partial charge in [-0.25, -0.2) is 0 Å². The third-order valence-corrected chi connectivity index (χ3v) is 3.95. The zero-order valence-corrected chi connectivity index (χ0v) is 10.5. The van der Waals surface area contributed by atoms with Crippen LogP contribution in [0.15, 0.2) is 28.9 Å². The van der Waals surface area contributed by atoms with Crippen molar-refractivity contribution in [2.45, 2.75) is 44.6 Å². The molecule has 2 unspecified atom stereocenters. The van der Waals surface area contributed by atoms with Crippen molar-refractivity contribution < 1.29 is 9.21 Å². The minimum atomic E-state index is 0.158. The number of hydrogen-bond donors (Lipinski definition) is 1. The van der Waals surface area contributed by atoms with E-state index < -0.39 is 0 Å². The van der Waals surface area contributed by atoms with Crippen molar-refractivity contribution in [3.8, 4) is 0 Å². The van der Waals surface area contributed by atoms with E-state index in [0.717, 1.165) is 37.9 Å². The fourth-order valence-corrected chi connectivity index (χ4v) is 2.99. The molecule has 2 atom stereocenters. The summed E-state index contributed by atoms with van der Waals surface area (Å²) >= 11 is 0. The molecule has 0 spiro atoms. The van der Waals surface area contributed by atoms with Crippen molar-refractivity contribution in [3.05, 3.63) is 35.8 Å². The van der Waals surface area contributed by atoms with Crippen molar-refractivity contribution in [2.24, 2.45) is 5.92 Å². The van der Waals surface area contributed by atoms with Gasteiger partial charge in [-0.05, 0) is 37.7 Å². The smallest absolute Gasteiger partial charge is 0.221 e. The van der Waals surface area contributed by atoms with Crippen LogP contribution in [-0.4, -0.2) is 5.91 Å². The third kappa shape index (κ3) is 2.35. The van der Waals surface area contributed by atoms with Gasteiger partial charge < -0.3 is 9.73 Å². The van der Waals surface area contributed by atoms with Crippen LogP contribution < -0.4 is 5.32 Å². The average Bonchev–Trinajstić information content (AvgIpc) is 2.99. The molecule has 2 aliphatic rings. The highest BCUT2D eigenvalue weighted by molar-refractivity contribution is 5.77. The summed E-state index contributed by atoms with van der Waals surface area (Å²) in [6, 6.07) is 2.15. The van der Waals surface area contributed by atoms with Crippen LogP contribution in [0.2, 0.25) is 0 Å². The van der Waals surface area contributed by atoms with E-state index in [-0.39, 0.29) is 11.9 Å². The van der Waals surface area contributed by atoms with Crippen molar-refractivity contribution >= 4 is 5.91 Å². The highest BCUT2D eigenvalue weighted by atomic mass is 16.3. The minimum absolute atomic E-state index is 0.158. The van der Waals surface area contributed by atoms with E-state index in [0.29, 0.717) is 12.3 Å². The summed E-state index contributed by atoms with van der Waals surface area (Å²) in [6.07, 6.45) is 12.1. The number of carbonyl (C=O) groups excluding carboxylic acids is 1. The van der Waals surface area contributed by atoms with E-state index in [4.69, 9.17) is 4.42 Å². The summed E-state index contributed by atoms with van der Waals surface area (Å²) in [5, 5.41) is 3.16. The molecule has 1 N–H and O–H groups in total. The number of aryl methyl sites for hydroxylation is 1. The van der Waals surface area contributed by atoms with Gasteiger partial charge in [-0.1, -0.05) is 12.2 Å². The van der Waals surface area contributed by atoms with E-state index in [9.17, 15) is 4.79 Å². The standard InChI is InChI=1S/C15H19NO2/c17-15(10-11-4-1-2-5-11)16-13-6-3-7-14-12(13)8-9-18-14/h1,4,8-9,11,13H,2-3,5-7,10H2,(H,16,17). The number of fused-ring (bicyclic) bond motifs is 1. The lowest BCUT2D eigenvalue weighted by Crippen LogP contribution is -2.31. The molecule has 18 heavy (non-hydrogen) atoms. The Labute approximate surface area is 107 Å². The highest BCUT2D eigenvalue weighted by Crippen LogP contribution is 2.30. The first-order valence-corrected chi connectivity index (χ1v) is 6.85. The summed E-state index contributed by atoms with van der Waals surface area (Å²) in [4.78, 5) is 12.0. The van der Waals surface area contributed by atoms with Gasteiger partial charge in [-0.15, -0.1) is 0 Å². The molecule has 0 saturated heterocycles. The Morgan fingerprint density at radius 1 is 1.44 bits per heavy atom. The van der Waals surface area contributed by atoms with Gasteiger partial charge in [-0.3, -0.25) is 4.79 Å². The molecule has 3 rings (SSSR count). The van der Waals surface area contributed by atoms with Crippen LogP contribution in [0.5, 0.6) is 0 Å². The quantitative estimate of drug-likeness (QED) is 0.831. The largest absolute Gasteiger partial charge is 0.469 e. The Hall–Kier alpha value is -1.51. The fourth-order valence-electron chi connectivity index (χ4n) is 2.99. The summed E-state index contributed by atoms with van der Waals surface area (Å²) in [5.41, 5.74) is 1.18. The molecule has 1 amide bonds. The van der Waals surface area contributed by atoms with Gasteiger partial charge in [0.15, 0.2) is 0 Å². The molecule has 1 aromatic heterocycles. The summed E-state index contributed by atoms with van der Waals surface area (Å²) in [6.45, 7) is 0. The third-order valence-electron chi connectivity index (χ3n) is 3.95. The molecule has 0 saturated carbocycles. The van der Waals surface area contributed by atoms with E-state index in [2.05, 4.69) is 17.5 Å². The molecule has 0 bridgehead atoms. The molecule has 1 aromatic rings. The predicted octanol–water partition coefficient (Wildman–Crippen LogP) is 3.13. The fraction of sp³-hybridized carbons (Fsp3) is 0.533. The van der Waals surface area contributed by atoms with Gasteiger partial charge in [0.2, 0.25) is 5.91 Å². The van der Waals surface area contributed by atoms with Crippen molar-refractivity contribution in [1.82, 2.24) is 5.32 Å². The molecule has 0 aliphatic heterocycles. The Morgan fingerprint density at radius 2 is 2.39 bits per heavy atom. The summed E-state index contributed by atoms with van der Waals surface area (Å²) in [5.74, 6) is 1.66. The predicted molar refractivity (Wildman–Crippen MR) is 69.0 cm³/mol. The molecule has 3 nitrogen and oxygen atoms in total. The number of hydrogen-bond acceptors (Lipinski definition) is 2. The first kappa shape index (κ1) is 11.6. The van der Waals surface area contributed by atoms with Gasteiger partial charge in [-0.2, -0.15) is 0 Å². The van der Waals surface area contributed by atoms with Crippen LogP contribution in [0, 0.1) is 5.92 Å². The van der Waals surface area contributed by atoms with Crippen LogP contribution in [-0.2, 0) is 11.2 Å². The summed E-state index contributed by atoms with van der Waals surface area (Å²) in [7, 11) is 0. The topological polar surface area (TPSA) is 42.2 Å². The Bertz CT molecular complexity index is 461. The highest BCUT2D eigenvalue weighted by Gasteiger charge is 2.24. The number of furan rings is 1. The van der Waals surface area contributed by atoms with Crippen LogP contribution in [0.1, 0.15) is 49.5 Å². The van der Waals surface area contributed by atoms with Crippen molar-refractivity contribution in [1.29, 1.82) is 0 Å². The maximum Gasteiger partial charge on any atom is 0.221 e. The van der Waals surface area contributed by atoms with E-state index in [1.165, 1.54) is 5.56 Å². The van der Waals surface area contributed by atoms with Gasteiger partial charge in [0.1, 0.15) is 5.76 Å². The zero-order valence-electron chi connectivity index (χ0n) is 10.5. The van der Waals surface area contributed by atoms with E-state index in [1.54, 1.807) is 6.26 Å². The first-order valence-electron chi connectivity index (χ1n) is 6.85. The van der Waals surface area contributed by atoms with Crippen molar-refractivity contribution in [2.75, 3.05) is 0 Å². The molecule has 2 aliphatic carbocycles. The second-order valence-electron chi connectivity index (χ2n) is 5.28. The molecular formula is C15H19NO2.